The minimum Gasteiger partial charge on any atom is -0.423 e. The number of allylic oxidation sites excluding steroid dienone is 1. The van der Waals surface area contributed by atoms with Crippen LogP contribution in [0.25, 0.3) is 14.5 Å². The number of aromatic nitrogens is 1. The normalized spacial score (nSPS) is 16.2. The third-order valence-corrected chi connectivity index (χ3v) is 6.21. The summed E-state index contributed by atoms with van der Waals surface area (Å²) in [4.78, 5) is 12.5. The van der Waals surface area contributed by atoms with Crippen LogP contribution in [0, 0.1) is 3.57 Å². The first-order valence-corrected chi connectivity index (χ1v) is 9.25. The molecule has 4 rings (SSSR count). The summed E-state index contributed by atoms with van der Waals surface area (Å²) in [5.41, 5.74) is 2.77. The predicted molar refractivity (Wildman–Crippen MR) is 107 cm³/mol. The van der Waals surface area contributed by atoms with E-state index in [-0.39, 0.29) is 5.97 Å². The molecule has 0 saturated heterocycles. The number of esters is 1. The van der Waals surface area contributed by atoms with Gasteiger partial charge >= 0.3 is 5.97 Å². The molecule has 2 heterocycles. The van der Waals surface area contributed by atoms with Crippen LogP contribution in [-0.2, 0) is 11.3 Å². The SMILES string of the molecule is O=C1O/C(=C(/I)c2ccccc2)Cn2c1c(I)c1ccccc12. The van der Waals surface area contributed by atoms with E-state index in [1.165, 1.54) is 0 Å². The fraction of sp³-hybridized carbons (Fsp3) is 0.0556. The zero-order valence-electron chi connectivity index (χ0n) is 11.9. The largest absolute Gasteiger partial charge is 0.423 e. The second-order valence-corrected chi connectivity index (χ2v) is 7.42. The van der Waals surface area contributed by atoms with Crippen molar-refractivity contribution >= 4 is 65.6 Å². The minimum absolute atomic E-state index is 0.281. The van der Waals surface area contributed by atoms with Gasteiger partial charge in [-0.3, -0.25) is 0 Å². The van der Waals surface area contributed by atoms with Crippen molar-refractivity contribution in [2.45, 2.75) is 6.54 Å². The number of rotatable bonds is 1. The Kier molecular flexibility index (Phi) is 3.92. The van der Waals surface area contributed by atoms with Crippen molar-refractivity contribution in [1.29, 1.82) is 0 Å². The number of hydrogen-bond donors (Lipinski definition) is 0. The Hall–Kier alpha value is -1.35. The molecule has 2 aromatic carbocycles. The summed E-state index contributed by atoms with van der Waals surface area (Å²) < 4.78 is 9.63. The molecular formula is C18H11I2NO2. The lowest BCUT2D eigenvalue weighted by Crippen LogP contribution is -2.22. The average molecular weight is 527 g/mol. The number of hydrogen-bond acceptors (Lipinski definition) is 2. The van der Waals surface area contributed by atoms with Crippen molar-refractivity contribution in [3.63, 3.8) is 0 Å². The van der Waals surface area contributed by atoms with E-state index in [0.29, 0.717) is 18.0 Å². The van der Waals surface area contributed by atoms with Gasteiger partial charge in [0.25, 0.3) is 0 Å². The van der Waals surface area contributed by atoms with Gasteiger partial charge in [0, 0.05) is 5.39 Å². The zero-order chi connectivity index (χ0) is 16.0. The lowest BCUT2D eigenvalue weighted by Gasteiger charge is -2.20. The number of cyclic esters (lactones) is 1. The molecule has 0 bridgehead atoms. The quantitative estimate of drug-likeness (QED) is 0.321. The molecule has 0 atom stereocenters. The zero-order valence-corrected chi connectivity index (χ0v) is 16.2. The first kappa shape index (κ1) is 15.2. The molecule has 23 heavy (non-hydrogen) atoms. The van der Waals surface area contributed by atoms with Gasteiger partial charge in [-0.05, 0) is 56.8 Å². The van der Waals surface area contributed by atoms with Crippen LogP contribution in [0.5, 0.6) is 0 Å². The number of nitrogens with zero attached hydrogens (tertiary/aromatic N) is 1. The maximum Gasteiger partial charge on any atom is 0.361 e. The summed E-state index contributed by atoms with van der Waals surface area (Å²) in [6.45, 7) is 0.567. The molecule has 5 heteroatoms. The number of ether oxygens (including phenoxy) is 1. The molecule has 0 fully saturated rings. The van der Waals surface area contributed by atoms with Crippen LogP contribution in [0.3, 0.4) is 0 Å². The van der Waals surface area contributed by atoms with Crippen LogP contribution >= 0.6 is 45.2 Å². The molecule has 3 nitrogen and oxygen atoms in total. The monoisotopic (exact) mass is 527 g/mol. The average Bonchev–Trinajstić information content (AvgIpc) is 2.89. The van der Waals surface area contributed by atoms with Gasteiger partial charge in [0.05, 0.1) is 19.2 Å². The summed E-state index contributed by atoms with van der Waals surface area (Å²) in [6.07, 6.45) is 0. The Morgan fingerprint density at radius 2 is 1.74 bits per heavy atom. The lowest BCUT2D eigenvalue weighted by molar-refractivity contribution is 0.0566. The Labute approximate surface area is 160 Å². The number of halogens is 2. The van der Waals surface area contributed by atoms with E-state index in [2.05, 4.69) is 49.7 Å². The maximum absolute atomic E-state index is 12.5. The van der Waals surface area contributed by atoms with Gasteiger partial charge in [0.15, 0.2) is 0 Å². The molecular weight excluding hydrogens is 516 g/mol. The maximum atomic E-state index is 12.5. The molecule has 0 radical (unpaired) electrons. The fourth-order valence-electron chi connectivity index (χ4n) is 2.82. The first-order valence-electron chi connectivity index (χ1n) is 7.10. The summed E-state index contributed by atoms with van der Waals surface area (Å²) in [5.74, 6) is 0.420. The van der Waals surface area contributed by atoms with E-state index in [1.807, 2.05) is 54.6 Å². The Bertz CT molecular complexity index is 958. The third kappa shape index (κ3) is 2.50. The van der Waals surface area contributed by atoms with Gasteiger partial charge in [0.2, 0.25) is 0 Å². The van der Waals surface area contributed by atoms with Gasteiger partial charge in [0.1, 0.15) is 11.5 Å². The van der Waals surface area contributed by atoms with Crippen LogP contribution in [0.15, 0.2) is 60.4 Å². The molecule has 0 N–H and O–H groups in total. The summed E-state index contributed by atoms with van der Waals surface area (Å²) in [6, 6.07) is 18.1. The number of fused-ring (bicyclic) bond motifs is 3. The van der Waals surface area contributed by atoms with Crippen LogP contribution in [0.4, 0.5) is 0 Å². The van der Waals surface area contributed by atoms with E-state index >= 15 is 0 Å². The number of carbonyl (C=O) groups excluding carboxylic acids is 1. The molecule has 0 saturated carbocycles. The summed E-state index contributed by atoms with van der Waals surface area (Å²) >= 11 is 4.48. The summed E-state index contributed by atoms with van der Waals surface area (Å²) in [7, 11) is 0. The van der Waals surface area contributed by atoms with E-state index in [4.69, 9.17) is 4.74 Å². The van der Waals surface area contributed by atoms with Crippen molar-refractivity contribution in [2.75, 3.05) is 0 Å². The van der Waals surface area contributed by atoms with Crippen molar-refractivity contribution in [2.24, 2.45) is 0 Å². The Balaban J connectivity index is 1.90. The molecule has 3 aromatic rings. The minimum atomic E-state index is -0.281. The number of benzene rings is 2. The van der Waals surface area contributed by atoms with Crippen LogP contribution in [-0.4, -0.2) is 10.5 Å². The molecule has 1 aliphatic heterocycles. The first-order chi connectivity index (χ1) is 11.2. The molecule has 1 aromatic heterocycles. The fourth-order valence-corrected chi connectivity index (χ4v) is 4.43. The topological polar surface area (TPSA) is 31.2 Å². The molecule has 0 unspecified atom stereocenters. The standard InChI is InChI=1S/C18H11I2NO2/c19-15(11-6-2-1-3-7-11)14-10-21-13-9-5-4-8-12(13)16(20)17(21)18(22)23-14/h1-9H,10H2/b15-14+. The summed E-state index contributed by atoms with van der Waals surface area (Å²) in [5, 5.41) is 1.09. The molecule has 0 aliphatic carbocycles. The van der Waals surface area contributed by atoms with Gasteiger partial charge < -0.3 is 9.30 Å². The molecule has 0 amide bonds. The molecule has 1 aliphatic rings. The van der Waals surface area contributed by atoms with Crippen LogP contribution in [0.2, 0.25) is 0 Å². The number of para-hydroxylation sites is 1. The van der Waals surface area contributed by atoms with Crippen molar-refractivity contribution in [1.82, 2.24) is 4.57 Å². The highest BCUT2D eigenvalue weighted by Crippen LogP contribution is 2.36. The molecule has 0 spiro atoms. The number of carbonyl (C=O) groups is 1. The van der Waals surface area contributed by atoms with Crippen LogP contribution < -0.4 is 0 Å². The lowest BCUT2D eigenvalue weighted by atomic mass is 10.2. The highest BCUT2D eigenvalue weighted by atomic mass is 127. The Morgan fingerprint density at radius 1 is 1.04 bits per heavy atom. The van der Waals surface area contributed by atoms with E-state index < -0.39 is 0 Å². The Morgan fingerprint density at radius 3 is 2.52 bits per heavy atom. The highest BCUT2D eigenvalue weighted by molar-refractivity contribution is 14.1. The van der Waals surface area contributed by atoms with Crippen molar-refractivity contribution in [3.8, 4) is 0 Å². The molecule has 114 valence electrons. The van der Waals surface area contributed by atoms with Crippen molar-refractivity contribution < 1.29 is 9.53 Å². The highest BCUT2D eigenvalue weighted by Gasteiger charge is 2.29. The third-order valence-electron chi connectivity index (χ3n) is 3.89. The van der Waals surface area contributed by atoms with E-state index in [1.54, 1.807) is 0 Å². The van der Waals surface area contributed by atoms with Gasteiger partial charge in [-0.2, -0.15) is 0 Å². The van der Waals surface area contributed by atoms with Crippen molar-refractivity contribution in [3.05, 3.63) is 75.2 Å². The van der Waals surface area contributed by atoms with E-state index in [0.717, 1.165) is 23.6 Å². The van der Waals surface area contributed by atoms with Gasteiger partial charge in [-0.1, -0.05) is 48.5 Å². The van der Waals surface area contributed by atoms with Gasteiger partial charge in [-0.15, -0.1) is 0 Å². The second-order valence-electron chi connectivity index (χ2n) is 5.26. The smallest absolute Gasteiger partial charge is 0.361 e. The van der Waals surface area contributed by atoms with E-state index in [9.17, 15) is 4.79 Å². The predicted octanol–water partition coefficient (Wildman–Crippen LogP) is 5.22. The van der Waals surface area contributed by atoms with Gasteiger partial charge in [-0.25, -0.2) is 4.79 Å². The van der Waals surface area contributed by atoms with Crippen LogP contribution in [0.1, 0.15) is 16.1 Å². The second kappa shape index (κ2) is 5.94.